The van der Waals surface area contributed by atoms with Crippen molar-refractivity contribution in [2.24, 2.45) is 16.5 Å². The molecule has 0 fully saturated rings. The van der Waals surface area contributed by atoms with Crippen LogP contribution in [-0.2, 0) is 24.4 Å². The van der Waals surface area contributed by atoms with E-state index >= 15 is 0 Å². The van der Waals surface area contributed by atoms with E-state index in [1.54, 1.807) is 32.0 Å². The van der Waals surface area contributed by atoms with Crippen molar-refractivity contribution in [1.82, 2.24) is 0 Å². The predicted molar refractivity (Wildman–Crippen MR) is 126 cm³/mol. The Kier molecular flexibility index (Phi) is 6.49. The Morgan fingerprint density at radius 2 is 1.24 bits per heavy atom. The van der Waals surface area contributed by atoms with E-state index in [0.29, 0.717) is 22.3 Å². The molecule has 2 heterocycles. The van der Waals surface area contributed by atoms with Crippen LogP contribution in [0.3, 0.4) is 0 Å². The summed E-state index contributed by atoms with van der Waals surface area (Å²) in [5.41, 5.74) is 13.1. The number of carbonyl (C=O) groups is 2. The number of nitrogens with zero attached hydrogens (tertiary/aromatic N) is 1. The molecule has 4 rings (SSSR count). The number of esters is 1. The number of guanidine groups is 1. The summed E-state index contributed by atoms with van der Waals surface area (Å²) in [5, 5.41) is 2.38. The molecule has 2 aromatic carbocycles. The molecular weight excluding hydrogens is 482 g/mol. The molecule has 0 radical (unpaired) electrons. The Hall–Kier alpha value is -3.77. The number of hydrogen-bond donors (Lipinski definition) is 2. The van der Waals surface area contributed by atoms with Crippen molar-refractivity contribution >= 4 is 48.7 Å². The Morgan fingerprint density at radius 3 is 1.68 bits per heavy atom. The molecule has 12 heteroatoms. The number of sulfone groups is 2. The molecule has 2 aromatic rings. The van der Waals surface area contributed by atoms with Crippen LogP contribution in [0.2, 0.25) is 0 Å². The third-order valence-corrected chi connectivity index (χ3v) is 8.22. The van der Waals surface area contributed by atoms with Crippen LogP contribution in [0.1, 0.15) is 45.7 Å². The maximum absolute atomic E-state index is 11.8. The van der Waals surface area contributed by atoms with Crippen molar-refractivity contribution < 1.29 is 31.2 Å². The fourth-order valence-electron chi connectivity index (χ4n) is 3.45. The van der Waals surface area contributed by atoms with Gasteiger partial charge in [0.2, 0.25) is 19.7 Å². The molecule has 10 nitrogen and oxygen atoms in total. The van der Waals surface area contributed by atoms with Gasteiger partial charge in [-0.1, -0.05) is 12.1 Å². The second kappa shape index (κ2) is 8.88. The number of methoxy groups -OCH3 is 1. The van der Waals surface area contributed by atoms with Crippen molar-refractivity contribution in [3.05, 3.63) is 69.5 Å². The monoisotopic (exact) mass is 503 g/mol. The largest absolute Gasteiger partial charge is 0.465 e. The van der Waals surface area contributed by atoms with E-state index in [0.717, 1.165) is 0 Å². The number of rotatable bonds is 2. The van der Waals surface area contributed by atoms with E-state index in [-0.39, 0.29) is 26.9 Å². The van der Waals surface area contributed by atoms with Crippen molar-refractivity contribution in [2.75, 3.05) is 7.11 Å². The van der Waals surface area contributed by atoms with Crippen molar-refractivity contribution in [1.29, 1.82) is 0 Å². The molecule has 0 unspecified atom stereocenters. The molecule has 0 aromatic heterocycles. The van der Waals surface area contributed by atoms with Gasteiger partial charge in [0, 0.05) is 16.4 Å². The maximum Gasteiger partial charge on any atom is 0.337 e. The van der Waals surface area contributed by atoms with Crippen LogP contribution in [0.15, 0.2) is 62.0 Å². The quantitative estimate of drug-likeness (QED) is 0.352. The van der Waals surface area contributed by atoms with Crippen LogP contribution in [-0.4, -0.2) is 41.8 Å². The standard InChI is InChI=1S/C11H11N3O3S.C11H10O4S/c1-6-5-18(16,17)9-4-7(2-3-8(6)9)10(15)14-11(12)13;1-7-6-16(13,14)10-5-8(11(12)15-2)3-4-9(7)10/h2-5H,1H3,(H4,12,13,14,15);3-6H,1-2H3. The van der Waals surface area contributed by atoms with Gasteiger partial charge >= 0.3 is 5.97 Å². The Balaban J connectivity index is 0.000000192. The zero-order valence-corrected chi connectivity index (χ0v) is 20.0. The van der Waals surface area contributed by atoms with Crippen molar-refractivity contribution in [2.45, 2.75) is 23.6 Å². The second-order valence-electron chi connectivity index (χ2n) is 7.45. The molecule has 2 aliphatic rings. The average molecular weight is 504 g/mol. The van der Waals surface area contributed by atoms with Gasteiger partial charge in [0.25, 0.3) is 5.91 Å². The number of benzene rings is 2. The van der Waals surface area contributed by atoms with Gasteiger partial charge in [0.05, 0.1) is 22.5 Å². The van der Waals surface area contributed by atoms with E-state index in [9.17, 15) is 26.4 Å². The lowest BCUT2D eigenvalue weighted by atomic mass is 10.1. The average Bonchev–Trinajstić information content (AvgIpc) is 3.14. The molecule has 0 bridgehead atoms. The minimum atomic E-state index is -3.46. The number of carbonyl (C=O) groups excluding carboxylic acids is 2. The zero-order chi connectivity index (χ0) is 25.4. The maximum atomic E-state index is 11.8. The summed E-state index contributed by atoms with van der Waals surface area (Å²) in [6.07, 6.45) is 0. The van der Waals surface area contributed by atoms with Crippen LogP contribution >= 0.6 is 0 Å². The Labute approximate surface area is 196 Å². The first kappa shape index (κ1) is 24.9. The smallest absolute Gasteiger partial charge is 0.337 e. The topological polar surface area (TPSA) is 176 Å². The first-order chi connectivity index (χ1) is 15.8. The molecule has 178 valence electrons. The number of allylic oxidation sites excluding steroid dienone is 2. The Bertz CT molecular complexity index is 1530. The number of nitrogens with two attached hydrogens (primary N) is 2. The molecule has 0 aliphatic carbocycles. The number of ether oxygens (including phenoxy) is 1. The highest BCUT2D eigenvalue weighted by molar-refractivity contribution is 7.95. The molecule has 4 N–H and O–H groups in total. The molecule has 2 aliphatic heterocycles. The van der Waals surface area contributed by atoms with Gasteiger partial charge in [-0.05, 0) is 60.4 Å². The van der Waals surface area contributed by atoms with Crippen LogP contribution < -0.4 is 11.5 Å². The van der Waals surface area contributed by atoms with Crippen LogP contribution in [0.25, 0.3) is 11.1 Å². The van der Waals surface area contributed by atoms with E-state index in [2.05, 4.69) is 9.73 Å². The van der Waals surface area contributed by atoms with E-state index in [1.807, 2.05) is 0 Å². The molecule has 0 spiro atoms. The van der Waals surface area contributed by atoms with Crippen LogP contribution in [0, 0.1) is 0 Å². The van der Waals surface area contributed by atoms with Gasteiger partial charge in [-0.3, -0.25) is 4.79 Å². The number of aliphatic imine (C=N–C) groups is 1. The Morgan fingerprint density at radius 1 is 0.794 bits per heavy atom. The summed E-state index contributed by atoms with van der Waals surface area (Å²) in [5.74, 6) is -1.57. The zero-order valence-electron chi connectivity index (χ0n) is 18.4. The van der Waals surface area contributed by atoms with Gasteiger partial charge in [0.1, 0.15) is 0 Å². The van der Waals surface area contributed by atoms with Gasteiger partial charge in [-0.2, -0.15) is 4.99 Å². The first-order valence-electron chi connectivity index (χ1n) is 9.64. The number of amides is 1. The lowest BCUT2D eigenvalue weighted by molar-refractivity contribution is 0.0600. The first-order valence-corrected chi connectivity index (χ1v) is 12.7. The molecule has 0 atom stereocenters. The molecule has 34 heavy (non-hydrogen) atoms. The molecular formula is C22H21N3O7S2. The third kappa shape index (κ3) is 4.77. The van der Waals surface area contributed by atoms with Gasteiger partial charge in [-0.15, -0.1) is 0 Å². The summed E-state index contributed by atoms with van der Waals surface area (Å²) < 4.78 is 51.5. The highest BCUT2D eigenvalue weighted by Crippen LogP contribution is 2.34. The lowest BCUT2D eigenvalue weighted by Crippen LogP contribution is -2.24. The minimum absolute atomic E-state index is 0.108. The molecule has 1 amide bonds. The predicted octanol–water partition coefficient (Wildman–Crippen LogP) is 1.87. The SMILES string of the molecule is CC1=CS(=O)(=O)c2cc(C(=O)N=C(N)N)ccc21.COC(=O)c1ccc2c(c1)S(=O)(=O)C=C2C. The van der Waals surface area contributed by atoms with Gasteiger partial charge < -0.3 is 16.2 Å². The van der Waals surface area contributed by atoms with Crippen molar-refractivity contribution in [3.63, 3.8) is 0 Å². The van der Waals surface area contributed by atoms with E-state index < -0.39 is 31.6 Å². The molecule has 0 saturated carbocycles. The van der Waals surface area contributed by atoms with E-state index in [1.165, 1.54) is 36.1 Å². The summed E-state index contributed by atoms with van der Waals surface area (Å²) in [4.78, 5) is 26.5. The van der Waals surface area contributed by atoms with Crippen molar-refractivity contribution in [3.8, 4) is 0 Å². The number of hydrogen-bond acceptors (Lipinski definition) is 7. The lowest BCUT2D eigenvalue weighted by Gasteiger charge is -2.03. The van der Waals surface area contributed by atoms with Crippen LogP contribution in [0.4, 0.5) is 0 Å². The van der Waals surface area contributed by atoms with E-state index in [4.69, 9.17) is 11.5 Å². The number of fused-ring (bicyclic) bond motifs is 2. The minimum Gasteiger partial charge on any atom is -0.465 e. The summed E-state index contributed by atoms with van der Waals surface area (Å²) in [7, 11) is -5.60. The highest BCUT2D eigenvalue weighted by Gasteiger charge is 2.27. The summed E-state index contributed by atoms with van der Waals surface area (Å²) in [6.45, 7) is 3.42. The second-order valence-corrected chi connectivity index (χ2v) is 11.0. The summed E-state index contributed by atoms with van der Waals surface area (Å²) >= 11 is 0. The molecule has 0 saturated heterocycles. The van der Waals surface area contributed by atoms with Gasteiger partial charge in [-0.25, -0.2) is 21.6 Å². The van der Waals surface area contributed by atoms with Crippen LogP contribution in [0.5, 0.6) is 0 Å². The normalized spacial score (nSPS) is 16.1. The van der Waals surface area contributed by atoms with Gasteiger partial charge in [0.15, 0.2) is 5.96 Å². The highest BCUT2D eigenvalue weighted by atomic mass is 32.2. The third-order valence-electron chi connectivity index (χ3n) is 4.99. The fraction of sp³-hybridized carbons (Fsp3) is 0.136. The summed E-state index contributed by atoms with van der Waals surface area (Å²) in [6, 6.07) is 8.88. The fourth-order valence-corrected chi connectivity index (χ4v) is 6.54.